The van der Waals surface area contributed by atoms with Crippen LogP contribution in [0.2, 0.25) is 0 Å². The lowest BCUT2D eigenvalue weighted by Gasteiger charge is -2.04. The van der Waals surface area contributed by atoms with Gasteiger partial charge in [0.25, 0.3) is 0 Å². The van der Waals surface area contributed by atoms with Gasteiger partial charge in [0.1, 0.15) is 0 Å². The standard InChI is InChI=1S/C10H10O4.C3H5NO/c1-2-14-10(13)8-6-4-3-5-7(8)9(11)12;1-2-3(4)5/h3-6H,2H2,1H3,(H,11,12);2H,1H2,(H2,4,5). The number of esters is 1. The number of hydrogen-bond acceptors (Lipinski definition) is 4. The molecule has 0 aliphatic rings. The molecule has 1 rings (SSSR count). The number of amides is 1. The summed E-state index contributed by atoms with van der Waals surface area (Å²) in [6.45, 7) is 4.98. The maximum absolute atomic E-state index is 11.3. The van der Waals surface area contributed by atoms with Gasteiger partial charge in [-0.05, 0) is 25.1 Å². The molecule has 0 aliphatic heterocycles. The normalized spacial score (nSPS) is 8.68. The van der Waals surface area contributed by atoms with Crippen LogP contribution in [0.25, 0.3) is 0 Å². The number of primary amides is 1. The highest BCUT2D eigenvalue weighted by Crippen LogP contribution is 2.09. The molecule has 0 heterocycles. The molecule has 0 saturated heterocycles. The third kappa shape index (κ3) is 6.02. The molecule has 0 radical (unpaired) electrons. The minimum absolute atomic E-state index is 0.0362. The van der Waals surface area contributed by atoms with Crippen LogP contribution in [0.4, 0.5) is 0 Å². The lowest BCUT2D eigenvalue weighted by molar-refractivity contribution is -0.113. The van der Waals surface area contributed by atoms with E-state index in [1.54, 1.807) is 19.1 Å². The lowest BCUT2D eigenvalue weighted by atomic mass is 10.1. The Labute approximate surface area is 110 Å². The molecule has 19 heavy (non-hydrogen) atoms. The zero-order valence-electron chi connectivity index (χ0n) is 10.5. The number of aromatic carboxylic acids is 1. The molecule has 3 N–H and O–H groups in total. The smallest absolute Gasteiger partial charge is 0.338 e. The molecule has 102 valence electrons. The van der Waals surface area contributed by atoms with Crippen molar-refractivity contribution in [2.24, 2.45) is 5.73 Å². The fourth-order valence-corrected chi connectivity index (χ4v) is 1.06. The molecule has 0 fully saturated rings. The average molecular weight is 265 g/mol. The van der Waals surface area contributed by atoms with Crippen LogP contribution in [0, 0.1) is 0 Å². The van der Waals surface area contributed by atoms with Crippen LogP contribution in [-0.2, 0) is 9.53 Å². The van der Waals surface area contributed by atoms with Gasteiger partial charge in [-0.1, -0.05) is 18.7 Å². The fraction of sp³-hybridized carbons (Fsp3) is 0.154. The highest BCUT2D eigenvalue weighted by Gasteiger charge is 2.15. The largest absolute Gasteiger partial charge is 0.478 e. The summed E-state index contributed by atoms with van der Waals surface area (Å²) in [6, 6.07) is 5.96. The van der Waals surface area contributed by atoms with E-state index >= 15 is 0 Å². The summed E-state index contributed by atoms with van der Waals surface area (Å²) in [5.41, 5.74) is 4.58. The van der Waals surface area contributed by atoms with E-state index in [1.807, 2.05) is 0 Å². The second-order valence-electron chi connectivity index (χ2n) is 3.18. The van der Waals surface area contributed by atoms with Gasteiger partial charge in [0.05, 0.1) is 17.7 Å². The van der Waals surface area contributed by atoms with E-state index in [2.05, 4.69) is 12.3 Å². The van der Waals surface area contributed by atoms with Crippen LogP contribution in [0.1, 0.15) is 27.6 Å². The fourth-order valence-electron chi connectivity index (χ4n) is 1.06. The van der Waals surface area contributed by atoms with E-state index in [9.17, 15) is 14.4 Å². The number of hydrogen-bond donors (Lipinski definition) is 2. The number of benzene rings is 1. The van der Waals surface area contributed by atoms with Gasteiger partial charge in [0.2, 0.25) is 5.91 Å². The topological polar surface area (TPSA) is 107 Å². The highest BCUT2D eigenvalue weighted by molar-refractivity contribution is 6.02. The van der Waals surface area contributed by atoms with Crippen molar-refractivity contribution in [2.45, 2.75) is 6.92 Å². The molecule has 1 aromatic rings. The van der Waals surface area contributed by atoms with E-state index in [0.29, 0.717) is 0 Å². The molecule has 1 aromatic carbocycles. The summed E-state index contributed by atoms with van der Waals surface area (Å²) in [7, 11) is 0. The van der Waals surface area contributed by atoms with Gasteiger partial charge in [-0.3, -0.25) is 4.79 Å². The van der Waals surface area contributed by atoms with E-state index in [1.165, 1.54) is 12.1 Å². The number of carboxylic acids is 1. The maximum atomic E-state index is 11.3. The Morgan fingerprint density at radius 2 is 1.79 bits per heavy atom. The molecule has 0 aromatic heterocycles. The summed E-state index contributed by atoms with van der Waals surface area (Å²) in [4.78, 5) is 31.5. The molecule has 0 aliphatic carbocycles. The van der Waals surface area contributed by atoms with E-state index in [-0.39, 0.29) is 17.7 Å². The Hall–Kier alpha value is -2.63. The predicted molar refractivity (Wildman–Crippen MR) is 68.7 cm³/mol. The molecule has 0 unspecified atom stereocenters. The molecule has 0 bridgehead atoms. The number of nitrogens with two attached hydrogens (primary N) is 1. The Bertz CT molecular complexity index is 482. The molecular formula is C13H15NO5. The minimum Gasteiger partial charge on any atom is -0.478 e. The summed E-state index contributed by atoms with van der Waals surface area (Å²) in [6.07, 6.45) is 1.06. The number of carbonyl (C=O) groups excluding carboxylic acids is 2. The van der Waals surface area contributed by atoms with Crippen molar-refractivity contribution in [1.29, 1.82) is 0 Å². The quantitative estimate of drug-likeness (QED) is 0.628. The first kappa shape index (κ1) is 16.4. The number of carboxylic acid groups (broad SMARTS) is 1. The van der Waals surface area contributed by atoms with Gasteiger partial charge < -0.3 is 15.6 Å². The average Bonchev–Trinajstić information content (AvgIpc) is 2.39. The van der Waals surface area contributed by atoms with Gasteiger partial charge >= 0.3 is 11.9 Å². The van der Waals surface area contributed by atoms with Crippen molar-refractivity contribution < 1.29 is 24.2 Å². The first-order chi connectivity index (χ1) is 8.93. The van der Waals surface area contributed by atoms with E-state index < -0.39 is 17.8 Å². The van der Waals surface area contributed by atoms with Crippen molar-refractivity contribution in [3.8, 4) is 0 Å². The minimum atomic E-state index is -1.13. The lowest BCUT2D eigenvalue weighted by Crippen LogP contribution is -2.11. The summed E-state index contributed by atoms with van der Waals surface area (Å²) in [5.74, 6) is -2.22. The number of carbonyl (C=O) groups is 3. The van der Waals surface area contributed by atoms with Crippen LogP contribution in [-0.4, -0.2) is 29.6 Å². The van der Waals surface area contributed by atoms with Crippen LogP contribution in [0.15, 0.2) is 36.9 Å². The number of rotatable bonds is 4. The van der Waals surface area contributed by atoms with Crippen molar-refractivity contribution in [3.63, 3.8) is 0 Å². The van der Waals surface area contributed by atoms with Gasteiger partial charge in [-0.15, -0.1) is 0 Å². The third-order valence-corrected chi connectivity index (χ3v) is 1.85. The van der Waals surface area contributed by atoms with Crippen molar-refractivity contribution in [3.05, 3.63) is 48.0 Å². The summed E-state index contributed by atoms with van der Waals surface area (Å²) in [5, 5.41) is 8.77. The SMILES string of the molecule is C=CC(N)=O.CCOC(=O)c1ccccc1C(=O)O. The van der Waals surface area contributed by atoms with Crippen molar-refractivity contribution in [2.75, 3.05) is 6.61 Å². The van der Waals surface area contributed by atoms with Gasteiger partial charge in [-0.25, -0.2) is 9.59 Å². The van der Waals surface area contributed by atoms with Crippen molar-refractivity contribution in [1.82, 2.24) is 0 Å². The summed E-state index contributed by atoms with van der Waals surface area (Å²) >= 11 is 0. The monoisotopic (exact) mass is 265 g/mol. The van der Waals surface area contributed by atoms with Gasteiger partial charge in [0, 0.05) is 0 Å². The van der Waals surface area contributed by atoms with Crippen LogP contribution in [0.5, 0.6) is 0 Å². The molecule has 0 atom stereocenters. The Kier molecular flexibility index (Phi) is 7.29. The van der Waals surface area contributed by atoms with Crippen LogP contribution < -0.4 is 5.73 Å². The zero-order valence-corrected chi connectivity index (χ0v) is 10.5. The van der Waals surface area contributed by atoms with Crippen molar-refractivity contribution >= 4 is 17.8 Å². The Morgan fingerprint density at radius 1 is 1.32 bits per heavy atom. The molecular weight excluding hydrogens is 250 g/mol. The third-order valence-electron chi connectivity index (χ3n) is 1.85. The van der Waals surface area contributed by atoms with Crippen LogP contribution in [0.3, 0.4) is 0 Å². The molecule has 1 amide bonds. The number of ether oxygens (including phenoxy) is 1. The summed E-state index contributed by atoms with van der Waals surface area (Å²) < 4.78 is 4.72. The van der Waals surface area contributed by atoms with E-state index in [0.717, 1.165) is 6.08 Å². The van der Waals surface area contributed by atoms with Gasteiger partial charge in [0.15, 0.2) is 0 Å². The molecule has 6 heteroatoms. The van der Waals surface area contributed by atoms with Gasteiger partial charge in [-0.2, -0.15) is 0 Å². The maximum Gasteiger partial charge on any atom is 0.338 e. The van der Waals surface area contributed by atoms with E-state index in [4.69, 9.17) is 9.84 Å². The second kappa shape index (κ2) is 8.46. The first-order valence-electron chi connectivity index (χ1n) is 5.35. The Morgan fingerprint density at radius 3 is 2.16 bits per heavy atom. The van der Waals surface area contributed by atoms with Crippen LogP contribution >= 0.6 is 0 Å². The zero-order chi connectivity index (χ0) is 14.8. The second-order valence-corrected chi connectivity index (χ2v) is 3.18. The highest BCUT2D eigenvalue weighted by atomic mass is 16.5. The Balaban J connectivity index is 0.000000555. The molecule has 6 nitrogen and oxygen atoms in total. The molecule has 0 saturated carbocycles. The predicted octanol–water partition coefficient (Wildman–Crippen LogP) is 1.22. The first-order valence-corrected chi connectivity index (χ1v) is 5.35. The molecule has 0 spiro atoms.